The summed E-state index contributed by atoms with van der Waals surface area (Å²) in [5, 5.41) is 7.14. The summed E-state index contributed by atoms with van der Waals surface area (Å²) in [7, 11) is 1.62. The maximum Gasteiger partial charge on any atom is 0.276 e. The van der Waals surface area contributed by atoms with Crippen molar-refractivity contribution in [2.75, 3.05) is 18.2 Å². The number of methoxy groups -OCH3 is 1. The second-order valence-corrected chi connectivity index (χ2v) is 4.71. The number of aromatic nitrogens is 2. The van der Waals surface area contributed by atoms with E-state index in [1.54, 1.807) is 18.7 Å². The SMILES string of the molecule is CCn1nc(C)c(N)c1C(=O)Nc1ccccc1COC. The van der Waals surface area contributed by atoms with E-state index in [-0.39, 0.29) is 5.91 Å². The van der Waals surface area contributed by atoms with Crippen molar-refractivity contribution in [3.8, 4) is 0 Å². The fraction of sp³-hybridized carbons (Fsp3) is 0.333. The lowest BCUT2D eigenvalue weighted by molar-refractivity contribution is 0.101. The van der Waals surface area contributed by atoms with Gasteiger partial charge in [-0.05, 0) is 19.9 Å². The van der Waals surface area contributed by atoms with Crippen molar-refractivity contribution in [3.05, 3.63) is 41.2 Å². The number of carbonyl (C=O) groups is 1. The number of nitrogen functional groups attached to an aromatic ring is 1. The molecular formula is C15H20N4O2. The molecule has 0 bridgehead atoms. The zero-order chi connectivity index (χ0) is 15.4. The summed E-state index contributed by atoms with van der Waals surface area (Å²) in [5.74, 6) is -0.265. The van der Waals surface area contributed by atoms with Gasteiger partial charge in [0.2, 0.25) is 0 Å². The molecule has 0 spiro atoms. The number of amides is 1. The Balaban J connectivity index is 2.31. The second kappa shape index (κ2) is 6.41. The van der Waals surface area contributed by atoms with E-state index in [0.29, 0.717) is 35.9 Å². The van der Waals surface area contributed by atoms with Gasteiger partial charge in [-0.1, -0.05) is 18.2 Å². The third-order valence-electron chi connectivity index (χ3n) is 3.25. The second-order valence-electron chi connectivity index (χ2n) is 4.71. The number of ether oxygens (including phenoxy) is 1. The summed E-state index contributed by atoms with van der Waals surface area (Å²) in [5.41, 5.74) is 9.05. The minimum atomic E-state index is -0.265. The molecule has 6 nitrogen and oxygen atoms in total. The number of carbonyl (C=O) groups excluding carboxylic acids is 1. The van der Waals surface area contributed by atoms with Crippen LogP contribution in [0.1, 0.15) is 28.7 Å². The lowest BCUT2D eigenvalue weighted by Crippen LogP contribution is -2.19. The first-order valence-corrected chi connectivity index (χ1v) is 6.79. The van der Waals surface area contributed by atoms with Gasteiger partial charge in [-0.25, -0.2) is 0 Å². The third kappa shape index (κ3) is 3.05. The van der Waals surface area contributed by atoms with E-state index < -0.39 is 0 Å². The Morgan fingerprint density at radius 1 is 1.43 bits per heavy atom. The molecule has 0 aliphatic heterocycles. The van der Waals surface area contributed by atoms with Gasteiger partial charge in [-0.3, -0.25) is 9.48 Å². The number of para-hydroxylation sites is 1. The number of anilines is 2. The summed E-state index contributed by atoms with van der Waals surface area (Å²) in [4.78, 5) is 12.5. The lowest BCUT2D eigenvalue weighted by atomic mass is 10.2. The van der Waals surface area contributed by atoms with Gasteiger partial charge in [0.15, 0.2) is 0 Å². The van der Waals surface area contributed by atoms with E-state index in [4.69, 9.17) is 10.5 Å². The Labute approximate surface area is 123 Å². The number of rotatable bonds is 5. The zero-order valence-corrected chi connectivity index (χ0v) is 12.5. The molecule has 2 rings (SSSR count). The molecule has 0 aliphatic rings. The molecule has 3 N–H and O–H groups in total. The van der Waals surface area contributed by atoms with Crippen molar-refractivity contribution in [2.24, 2.45) is 0 Å². The number of hydrogen-bond donors (Lipinski definition) is 2. The molecular weight excluding hydrogens is 268 g/mol. The van der Waals surface area contributed by atoms with Crippen LogP contribution in [0.5, 0.6) is 0 Å². The summed E-state index contributed by atoms with van der Waals surface area (Å²) in [6, 6.07) is 7.51. The smallest absolute Gasteiger partial charge is 0.276 e. The van der Waals surface area contributed by atoms with E-state index in [2.05, 4.69) is 10.4 Å². The zero-order valence-electron chi connectivity index (χ0n) is 12.5. The van der Waals surface area contributed by atoms with Crippen LogP contribution in [-0.4, -0.2) is 22.8 Å². The minimum absolute atomic E-state index is 0.265. The minimum Gasteiger partial charge on any atom is -0.395 e. The molecule has 0 aliphatic carbocycles. The molecule has 0 unspecified atom stereocenters. The third-order valence-corrected chi connectivity index (χ3v) is 3.25. The molecule has 0 saturated heterocycles. The maximum atomic E-state index is 12.5. The highest BCUT2D eigenvalue weighted by Crippen LogP contribution is 2.21. The molecule has 2 aromatic rings. The molecule has 6 heteroatoms. The Hall–Kier alpha value is -2.34. The number of hydrogen-bond acceptors (Lipinski definition) is 4. The van der Waals surface area contributed by atoms with Gasteiger partial charge in [0.1, 0.15) is 5.69 Å². The average Bonchev–Trinajstić information content (AvgIpc) is 2.76. The van der Waals surface area contributed by atoms with Crippen molar-refractivity contribution in [2.45, 2.75) is 27.0 Å². The first-order valence-electron chi connectivity index (χ1n) is 6.79. The van der Waals surface area contributed by atoms with Crippen LogP contribution in [0.25, 0.3) is 0 Å². The van der Waals surface area contributed by atoms with Crippen molar-refractivity contribution in [1.82, 2.24) is 9.78 Å². The summed E-state index contributed by atoms with van der Waals surface area (Å²) in [6.45, 7) is 4.72. The van der Waals surface area contributed by atoms with Crippen LogP contribution < -0.4 is 11.1 Å². The molecule has 0 saturated carbocycles. The van der Waals surface area contributed by atoms with Gasteiger partial charge in [0.05, 0.1) is 18.0 Å². The quantitative estimate of drug-likeness (QED) is 0.883. The molecule has 0 radical (unpaired) electrons. The standard InChI is InChI=1S/C15H20N4O2/c1-4-19-14(13(16)10(2)18-19)15(20)17-12-8-6-5-7-11(12)9-21-3/h5-8H,4,9,16H2,1-3H3,(H,17,20). The summed E-state index contributed by atoms with van der Waals surface area (Å²) < 4.78 is 6.75. The van der Waals surface area contributed by atoms with Crippen LogP contribution in [0.3, 0.4) is 0 Å². The molecule has 112 valence electrons. The van der Waals surface area contributed by atoms with Crippen LogP contribution in [-0.2, 0) is 17.9 Å². The van der Waals surface area contributed by atoms with Gasteiger partial charge < -0.3 is 15.8 Å². The normalized spacial score (nSPS) is 10.6. The lowest BCUT2D eigenvalue weighted by Gasteiger charge is -2.11. The fourth-order valence-corrected chi connectivity index (χ4v) is 2.17. The predicted octanol–water partition coefficient (Wildman–Crippen LogP) is 2.19. The topological polar surface area (TPSA) is 82.2 Å². The van der Waals surface area contributed by atoms with Gasteiger partial charge in [0, 0.05) is 24.9 Å². The molecule has 0 fully saturated rings. The highest BCUT2D eigenvalue weighted by atomic mass is 16.5. The van der Waals surface area contributed by atoms with Gasteiger partial charge in [-0.15, -0.1) is 0 Å². The first-order chi connectivity index (χ1) is 10.1. The van der Waals surface area contributed by atoms with E-state index >= 15 is 0 Å². The van der Waals surface area contributed by atoms with Crippen molar-refractivity contribution in [3.63, 3.8) is 0 Å². The van der Waals surface area contributed by atoms with Crippen LogP contribution in [0.4, 0.5) is 11.4 Å². The Morgan fingerprint density at radius 3 is 2.81 bits per heavy atom. The fourth-order valence-electron chi connectivity index (χ4n) is 2.17. The number of aryl methyl sites for hydroxylation is 2. The van der Waals surface area contributed by atoms with Crippen LogP contribution in [0, 0.1) is 6.92 Å². The predicted molar refractivity (Wildman–Crippen MR) is 82.2 cm³/mol. The highest BCUT2D eigenvalue weighted by Gasteiger charge is 2.19. The van der Waals surface area contributed by atoms with Crippen molar-refractivity contribution >= 4 is 17.3 Å². The summed E-state index contributed by atoms with van der Waals surface area (Å²) >= 11 is 0. The monoisotopic (exact) mass is 288 g/mol. The summed E-state index contributed by atoms with van der Waals surface area (Å²) in [6.07, 6.45) is 0. The van der Waals surface area contributed by atoms with Crippen LogP contribution in [0.2, 0.25) is 0 Å². The van der Waals surface area contributed by atoms with E-state index in [1.807, 2.05) is 31.2 Å². The Kier molecular flexibility index (Phi) is 4.59. The van der Waals surface area contributed by atoms with E-state index in [1.165, 1.54) is 0 Å². The maximum absolute atomic E-state index is 12.5. The molecule has 1 aromatic carbocycles. The van der Waals surface area contributed by atoms with Crippen LogP contribution in [0.15, 0.2) is 24.3 Å². The Morgan fingerprint density at radius 2 is 2.14 bits per heavy atom. The Bertz CT molecular complexity index is 649. The van der Waals surface area contributed by atoms with Gasteiger partial charge >= 0.3 is 0 Å². The molecule has 21 heavy (non-hydrogen) atoms. The molecule has 1 heterocycles. The average molecular weight is 288 g/mol. The highest BCUT2D eigenvalue weighted by molar-refractivity contribution is 6.07. The van der Waals surface area contributed by atoms with Crippen molar-refractivity contribution < 1.29 is 9.53 Å². The number of nitrogens with two attached hydrogens (primary N) is 1. The molecule has 0 atom stereocenters. The molecule has 1 aromatic heterocycles. The number of nitrogens with one attached hydrogen (secondary N) is 1. The van der Waals surface area contributed by atoms with Crippen LogP contribution >= 0.6 is 0 Å². The van der Waals surface area contributed by atoms with E-state index in [0.717, 1.165) is 5.56 Å². The number of benzene rings is 1. The molecule has 1 amide bonds. The van der Waals surface area contributed by atoms with E-state index in [9.17, 15) is 4.79 Å². The van der Waals surface area contributed by atoms with Gasteiger partial charge in [-0.2, -0.15) is 5.10 Å². The largest absolute Gasteiger partial charge is 0.395 e. The van der Waals surface area contributed by atoms with Gasteiger partial charge in [0.25, 0.3) is 5.91 Å². The number of nitrogens with zero attached hydrogens (tertiary/aromatic N) is 2. The van der Waals surface area contributed by atoms with Crippen molar-refractivity contribution in [1.29, 1.82) is 0 Å². The first kappa shape index (κ1) is 15.1.